The van der Waals surface area contributed by atoms with Crippen LogP contribution in [0.3, 0.4) is 0 Å². The summed E-state index contributed by atoms with van der Waals surface area (Å²) in [5.74, 6) is 0. The molecule has 0 aromatic carbocycles. The lowest BCUT2D eigenvalue weighted by molar-refractivity contribution is 1.22. The molecule has 54 valence electrons. The number of rotatable bonds is 1. The topological polar surface area (TPSA) is 36.7 Å². The zero-order valence-corrected chi connectivity index (χ0v) is 6.33. The van der Waals surface area contributed by atoms with E-state index in [0.717, 1.165) is 11.3 Å². The van der Waals surface area contributed by atoms with Crippen LogP contribution in [0.15, 0.2) is 24.8 Å². The Kier molecular flexibility index (Phi) is 2.03. The molecule has 0 aliphatic heterocycles. The van der Waals surface area contributed by atoms with Crippen molar-refractivity contribution in [3.8, 4) is 6.07 Å². The molecule has 0 aliphatic rings. The van der Waals surface area contributed by atoms with E-state index in [1.165, 1.54) is 0 Å². The number of hydrogen-bond donors (Lipinski definition) is 0. The van der Waals surface area contributed by atoms with Crippen LogP contribution >= 0.6 is 0 Å². The molecule has 0 bridgehead atoms. The summed E-state index contributed by atoms with van der Waals surface area (Å²) in [5, 5.41) is 8.50. The van der Waals surface area contributed by atoms with Crippen LogP contribution in [0, 0.1) is 11.3 Å². The smallest absolute Gasteiger partial charge is 0.141 e. The van der Waals surface area contributed by atoms with Crippen LogP contribution in [0.4, 0.5) is 0 Å². The zero-order chi connectivity index (χ0) is 8.27. The van der Waals surface area contributed by atoms with Gasteiger partial charge in [0.15, 0.2) is 0 Å². The van der Waals surface area contributed by atoms with E-state index in [-0.39, 0.29) is 0 Å². The van der Waals surface area contributed by atoms with E-state index in [0.29, 0.717) is 5.69 Å². The summed E-state index contributed by atoms with van der Waals surface area (Å²) in [7, 11) is 0. The van der Waals surface area contributed by atoms with Crippen molar-refractivity contribution >= 4 is 5.57 Å². The number of nitrogens with zero attached hydrogens (tertiary/aromatic N) is 2. The highest BCUT2D eigenvalue weighted by Crippen LogP contribution is 2.07. The van der Waals surface area contributed by atoms with Crippen molar-refractivity contribution in [2.75, 3.05) is 0 Å². The minimum atomic E-state index is 0.436. The van der Waals surface area contributed by atoms with Gasteiger partial charge in [-0.2, -0.15) is 5.26 Å². The third kappa shape index (κ3) is 1.65. The molecular weight excluding hydrogens is 136 g/mol. The molecular formula is C9H8N2. The Morgan fingerprint density at radius 1 is 1.64 bits per heavy atom. The van der Waals surface area contributed by atoms with Crippen molar-refractivity contribution in [2.45, 2.75) is 6.92 Å². The van der Waals surface area contributed by atoms with Gasteiger partial charge >= 0.3 is 0 Å². The number of aromatic nitrogens is 1. The average molecular weight is 144 g/mol. The fraction of sp³-hybridized carbons (Fsp3) is 0.111. The van der Waals surface area contributed by atoms with Crippen LogP contribution < -0.4 is 0 Å². The van der Waals surface area contributed by atoms with Crippen molar-refractivity contribution in [3.05, 3.63) is 36.2 Å². The fourth-order valence-corrected chi connectivity index (χ4v) is 0.735. The molecule has 0 fully saturated rings. The first kappa shape index (κ1) is 7.49. The second kappa shape index (κ2) is 2.98. The molecule has 0 N–H and O–H groups in total. The highest BCUT2D eigenvalue weighted by molar-refractivity contribution is 5.57. The first-order valence-electron chi connectivity index (χ1n) is 3.27. The summed E-state index contributed by atoms with van der Waals surface area (Å²) in [5.41, 5.74) is 2.09. The first-order chi connectivity index (χ1) is 5.24. The van der Waals surface area contributed by atoms with Gasteiger partial charge in [0.1, 0.15) is 11.8 Å². The van der Waals surface area contributed by atoms with E-state index in [2.05, 4.69) is 11.6 Å². The molecule has 0 spiro atoms. The Balaban J connectivity index is 3.13. The van der Waals surface area contributed by atoms with Crippen molar-refractivity contribution in [1.82, 2.24) is 4.98 Å². The summed E-state index contributed by atoms with van der Waals surface area (Å²) < 4.78 is 0. The maximum absolute atomic E-state index is 8.50. The SMILES string of the molecule is C=C(C)c1cccc(C#N)n1. The second-order valence-electron chi connectivity index (χ2n) is 2.30. The van der Waals surface area contributed by atoms with Crippen molar-refractivity contribution in [3.63, 3.8) is 0 Å². The van der Waals surface area contributed by atoms with E-state index in [9.17, 15) is 0 Å². The third-order valence-electron chi connectivity index (χ3n) is 1.30. The molecule has 0 atom stereocenters. The quantitative estimate of drug-likeness (QED) is 0.604. The van der Waals surface area contributed by atoms with Crippen LogP contribution in [0.25, 0.3) is 5.57 Å². The lowest BCUT2D eigenvalue weighted by Crippen LogP contribution is -1.87. The van der Waals surface area contributed by atoms with Gasteiger partial charge in [-0.3, -0.25) is 0 Å². The molecule has 1 heterocycles. The van der Waals surface area contributed by atoms with Gasteiger partial charge in [-0.15, -0.1) is 0 Å². The summed E-state index contributed by atoms with van der Waals surface area (Å²) in [6, 6.07) is 7.28. The zero-order valence-electron chi connectivity index (χ0n) is 6.33. The summed E-state index contributed by atoms with van der Waals surface area (Å²) in [6.45, 7) is 5.59. The highest BCUT2D eigenvalue weighted by atomic mass is 14.7. The monoisotopic (exact) mass is 144 g/mol. The Labute approximate surface area is 65.8 Å². The average Bonchev–Trinajstić information content (AvgIpc) is 2.05. The number of allylic oxidation sites excluding steroid dienone is 1. The van der Waals surface area contributed by atoms with E-state index in [4.69, 9.17) is 5.26 Å². The maximum Gasteiger partial charge on any atom is 0.141 e. The molecule has 0 aliphatic carbocycles. The van der Waals surface area contributed by atoms with Crippen molar-refractivity contribution in [2.24, 2.45) is 0 Å². The molecule has 1 rings (SSSR count). The fourth-order valence-electron chi connectivity index (χ4n) is 0.735. The Morgan fingerprint density at radius 2 is 2.36 bits per heavy atom. The van der Waals surface area contributed by atoms with E-state index in [1.807, 2.05) is 19.1 Å². The molecule has 0 unspecified atom stereocenters. The predicted molar refractivity (Wildman–Crippen MR) is 43.7 cm³/mol. The summed E-state index contributed by atoms with van der Waals surface area (Å²) >= 11 is 0. The normalized spacial score (nSPS) is 8.73. The van der Waals surface area contributed by atoms with Crippen LogP contribution in [0.1, 0.15) is 18.3 Å². The standard InChI is InChI=1S/C9H8N2/c1-7(2)9-5-3-4-8(6-10)11-9/h3-5H,1H2,2H3. The molecule has 2 nitrogen and oxygen atoms in total. The Hall–Kier alpha value is -1.62. The van der Waals surface area contributed by atoms with Crippen LogP contribution in [-0.2, 0) is 0 Å². The summed E-state index contributed by atoms with van der Waals surface area (Å²) in [4.78, 5) is 4.03. The van der Waals surface area contributed by atoms with Gasteiger partial charge in [-0.25, -0.2) is 4.98 Å². The molecule has 1 aromatic heterocycles. The van der Waals surface area contributed by atoms with Gasteiger partial charge in [-0.05, 0) is 24.6 Å². The molecule has 2 heteroatoms. The first-order valence-corrected chi connectivity index (χ1v) is 3.27. The van der Waals surface area contributed by atoms with Gasteiger partial charge in [0.05, 0.1) is 5.69 Å². The second-order valence-corrected chi connectivity index (χ2v) is 2.30. The van der Waals surface area contributed by atoms with Crippen LogP contribution in [0.5, 0.6) is 0 Å². The van der Waals surface area contributed by atoms with Crippen molar-refractivity contribution < 1.29 is 0 Å². The van der Waals surface area contributed by atoms with Crippen molar-refractivity contribution in [1.29, 1.82) is 5.26 Å². The van der Waals surface area contributed by atoms with E-state index >= 15 is 0 Å². The van der Waals surface area contributed by atoms with Gasteiger partial charge in [-0.1, -0.05) is 12.6 Å². The minimum absolute atomic E-state index is 0.436. The van der Waals surface area contributed by atoms with Gasteiger partial charge in [0.25, 0.3) is 0 Å². The molecule has 1 aromatic rings. The molecule has 11 heavy (non-hydrogen) atoms. The minimum Gasteiger partial charge on any atom is -0.237 e. The maximum atomic E-state index is 8.50. The van der Waals surface area contributed by atoms with Crippen LogP contribution in [-0.4, -0.2) is 4.98 Å². The van der Waals surface area contributed by atoms with Gasteiger partial charge in [0.2, 0.25) is 0 Å². The predicted octanol–water partition coefficient (Wildman–Crippen LogP) is 1.99. The number of nitriles is 1. The Morgan fingerprint density at radius 3 is 2.91 bits per heavy atom. The highest BCUT2D eigenvalue weighted by Gasteiger charge is 1.95. The lowest BCUT2D eigenvalue weighted by atomic mass is 10.2. The number of pyridine rings is 1. The molecule has 0 radical (unpaired) electrons. The van der Waals surface area contributed by atoms with Gasteiger partial charge in [0, 0.05) is 0 Å². The van der Waals surface area contributed by atoms with Gasteiger partial charge < -0.3 is 0 Å². The summed E-state index contributed by atoms with van der Waals surface area (Å²) in [6.07, 6.45) is 0. The Bertz CT molecular complexity index is 321. The van der Waals surface area contributed by atoms with E-state index in [1.54, 1.807) is 12.1 Å². The van der Waals surface area contributed by atoms with E-state index < -0.39 is 0 Å². The van der Waals surface area contributed by atoms with Crippen LogP contribution in [0.2, 0.25) is 0 Å². The lowest BCUT2D eigenvalue weighted by Gasteiger charge is -1.96. The molecule has 0 saturated heterocycles. The molecule has 0 amide bonds. The molecule has 0 saturated carbocycles. The largest absolute Gasteiger partial charge is 0.237 e. The third-order valence-corrected chi connectivity index (χ3v) is 1.30. The number of hydrogen-bond acceptors (Lipinski definition) is 2.